The predicted octanol–water partition coefficient (Wildman–Crippen LogP) is 1.03. The van der Waals surface area contributed by atoms with Gasteiger partial charge in [-0.1, -0.05) is 13.8 Å². The first-order valence-electron chi connectivity index (χ1n) is 6.91. The monoisotopic (exact) mass is 311 g/mol. The van der Waals surface area contributed by atoms with Crippen LogP contribution >= 0.6 is 0 Å². The number of carbonyl (C=O) groups excluding carboxylic acids is 1. The average Bonchev–Trinajstić information content (AvgIpc) is 2.36. The van der Waals surface area contributed by atoms with E-state index in [2.05, 4.69) is 0 Å². The molecule has 1 aliphatic rings. The van der Waals surface area contributed by atoms with E-state index in [-0.39, 0.29) is 16.1 Å². The molecule has 2 rings (SSSR count). The van der Waals surface area contributed by atoms with Crippen LogP contribution < -0.4 is 11.5 Å². The highest BCUT2D eigenvalue weighted by atomic mass is 32.2. The first-order valence-corrected chi connectivity index (χ1v) is 8.35. The Bertz CT molecular complexity index is 647. The molecule has 4 N–H and O–H groups in total. The van der Waals surface area contributed by atoms with Crippen molar-refractivity contribution in [3.63, 3.8) is 0 Å². The number of nitrogen functional groups attached to an aromatic ring is 1. The molecule has 2 atom stereocenters. The highest BCUT2D eigenvalue weighted by molar-refractivity contribution is 7.89. The third-order valence-corrected chi connectivity index (χ3v) is 5.65. The largest absolute Gasteiger partial charge is 0.398 e. The molecular weight excluding hydrogens is 290 g/mol. The van der Waals surface area contributed by atoms with Crippen molar-refractivity contribution in [2.24, 2.45) is 17.6 Å². The maximum atomic E-state index is 12.7. The highest BCUT2D eigenvalue weighted by Gasteiger charge is 2.32. The van der Waals surface area contributed by atoms with E-state index in [1.165, 1.54) is 22.5 Å². The minimum Gasteiger partial charge on any atom is -0.398 e. The minimum absolute atomic E-state index is 0.0359. The van der Waals surface area contributed by atoms with Gasteiger partial charge in [0.05, 0.1) is 5.69 Å². The molecule has 1 fully saturated rings. The second-order valence-electron chi connectivity index (χ2n) is 5.88. The van der Waals surface area contributed by atoms with Crippen molar-refractivity contribution >= 4 is 21.6 Å². The zero-order valence-corrected chi connectivity index (χ0v) is 13.1. The van der Waals surface area contributed by atoms with Crippen molar-refractivity contribution in [1.82, 2.24) is 4.31 Å². The van der Waals surface area contributed by atoms with E-state index < -0.39 is 15.9 Å². The van der Waals surface area contributed by atoms with Gasteiger partial charge >= 0.3 is 0 Å². The summed E-state index contributed by atoms with van der Waals surface area (Å²) in [4.78, 5) is 11.1. The quantitative estimate of drug-likeness (QED) is 0.813. The third-order valence-electron chi connectivity index (χ3n) is 3.75. The van der Waals surface area contributed by atoms with Gasteiger partial charge in [0.25, 0.3) is 0 Å². The number of hydrogen-bond donors (Lipinski definition) is 2. The number of piperidine rings is 1. The van der Waals surface area contributed by atoms with Crippen LogP contribution in [0.1, 0.15) is 30.6 Å². The van der Waals surface area contributed by atoms with Crippen molar-refractivity contribution in [1.29, 1.82) is 0 Å². The summed E-state index contributed by atoms with van der Waals surface area (Å²) in [5, 5.41) is 0. The Kier molecular flexibility index (Phi) is 4.25. The van der Waals surface area contributed by atoms with Crippen molar-refractivity contribution in [2.45, 2.75) is 25.2 Å². The van der Waals surface area contributed by atoms with Crippen molar-refractivity contribution in [3.05, 3.63) is 23.8 Å². The van der Waals surface area contributed by atoms with E-state index in [1.54, 1.807) is 0 Å². The van der Waals surface area contributed by atoms with Crippen LogP contribution in [0.2, 0.25) is 0 Å². The molecule has 1 aliphatic heterocycles. The molecule has 21 heavy (non-hydrogen) atoms. The normalized spacial score (nSPS) is 23.9. The Labute approximate surface area is 125 Å². The summed E-state index contributed by atoms with van der Waals surface area (Å²) in [6, 6.07) is 4.06. The minimum atomic E-state index is -3.64. The van der Waals surface area contributed by atoms with Gasteiger partial charge < -0.3 is 11.5 Å². The van der Waals surface area contributed by atoms with Gasteiger partial charge in [0.2, 0.25) is 15.9 Å². The van der Waals surface area contributed by atoms with Crippen LogP contribution in [0.5, 0.6) is 0 Å². The van der Waals surface area contributed by atoms with Gasteiger partial charge in [-0.05, 0) is 36.5 Å². The lowest BCUT2D eigenvalue weighted by atomic mass is 9.94. The maximum Gasteiger partial charge on any atom is 0.248 e. The van der Waals surface area contributed by atoms with Crippen LogP contribution in [0, 0.1) is 11.8 Å². The third kappa shape index (κ3) is 3.19. The molecule has 1 heterocycles. The molecule has 0 aromatic heterocycles. The second kappa shape index (κ2) is 5.65. The Morgan fingerprint density at radius 3 is 2.29 bits per heavy atom. The summed E-state index contributed by atoms with van der Waals surface area (Å²) < 4.78 is 26.9. The molecule has 6 nitrogen and oxygen atoms in total. The van der Waals surface area contributed by atoms with E-state index in [1.807, 2.05) is 13.8 Å². The Balaban J connectivity index is 2.37. The number of amides is 1. The van der Waals surface area contributed by atoms with Gasteiger partial charge in [-0.3, -0.25) is 4.79 Å². The molecule has 116 valence electrons. The number of anilines is 1. The SMILES string of the molecule is CC1CC(C)CN(S(=O)(=O)c2ccc(C(N)=O)cc2N)C1. The van der Waals surface area contributed by atoms with Gasteiger partial charge in [0.15, 0.2) is 0 Å². The number of carbonyl (C=O) groups is 1. The van der Waals surface area contributed by atoms with Crippen LogP contribution in [0.4, 0.5) is 5.69 Å². The molecular formula is C14H21N3O3S. The van der Waals surface area contributed by atoms with Crippen molar-refractivity contribution < 1.29 is 13.2 Å². The summed E-state index contributed by atoms with van der Waals surface area (Å²) >= 11 is 0. The van der Waals surface area contributed by atoms with Crippen LogP contribution in [0.3, 0.4) is 0 Å². The molecule has 1 aromatic rings. The van der Waals surface area contributed by atoms with Crippen LogP contribution in [0.25, 0.3) is 0 Å². The van der Waals surface area contributed by atoms with E-state index >= 15 is 0 Å². The first kappa shape index (κ1) is 15.8. The van der Waals surface area contributed by atoms with Gasteiger partial charge in [-0.15, -0.1) is 0 Å². The molecule has 0 aliphatic carbocycles. The molecule has 0 saturated carbocycles. The van der Waals surface area contributed by atoms with E-state index in [4.69, 9.17) is 11.5 Å². The lowest BCUT2D eigenvalue weighted by Crippen LogP contribution is -2.42. The average molecular weight is 311 g/mol. The molecule has 1 saturated heterocycles. The number of nitrogens with two attached hydrogens (primary N) is 2. The van der Waals surface area contributed by atoms with E-state index in [0.717, 1.165) is 6.42 Å². The van der Waals surface area contributed by atoms with Crippen LogP contribution in [-0.4, -0.2) is 31.7 Å². The summed E-state index contributed by atoms with van der Waals surface area (Å²) in [6.07, 6.45) is 1.02. The highest BCUT2D eigenvalue weighted by Crippen LogP contribution is 2.29. The molecule has 7 heteroatoms. The molecule has 0 bridgehead atoms. The predicted molar refractivity (Wildman–Crippen MR) is 81.1 cm³/mol. The Hall–Kier alpha value is -1.60. The topological polar surface area (TPSA) is 106 Å². The smallest absolute Gasteiger partial charge is 0.248 e. The zero-order valence-electron chi connectivity index (χ0n) is 12.2. The maximum absolute atomic E-state index is 12.7. The summed E-state index contributed by atoms with van der Waals surface area (Å²) in [5.41, 5.74) is 11.2. The lowest BCUT2D eigenvalue weighted by Gasteiger charge is -2.34. The number of nitrogens with zero attached hydrogens (tertiary/aromatic N) is 1. The Morgan fingerprint density at radius 2 is 1.81 bits per heavy atom. The standard InChI is InChI=1S/C14H21N3O3S/c1-9-5-10(2)8-17(7-9)21(19,20)13-4-3-11(14(16)18)6-12(13)15/h3-4,6,9-10H,5,7-8,15H2,1-2H3,(H2,16,18). The number of primary amides is 1. The molecule has 0 spiro atoms. The van der Waals surface area contributed by atoms with Gasteiger partial charge in [-0.2, -0.15) is 4.31 Å². The lowest BCUT2D eigenvalue weighted by molar-refractivity contribution is 0.1000. The van der Waals surface area contributed by atoms with Crippen molar-refractivity contribution in [2.75, 3.05) is 18.8 Å². The summed E-state index contributed by atoms with van der Waals surface area (Å²) in [5.74, 6) is -0.00449. The number of sulfonamides is 1. The molecule has 2 unspecified atom stereocenters. The fourth-order valence-electron chi connectivity index (χ4n) is 2.88. The van der Waals surface area contributed by atoms with E-state index in [0.29, 0.717) is 24.9 Å². The van der Waals surface area contributed by atoms with Crippen LogP contribution in [0.15, 0.2) is 23.1 Å². The molecule has 0 radical (unpaired) electrons. The van der Waals surface area contributed by atoms with Gasteiger partial charge in [0, 0.05) is 18.7 Å². The Morgan fingerprint density at radius 1 is 1.24 bits per heavy atom. The van der Waals surface area contributed by atoms with Gasteiger partial charge in [-0.25, -0.2) is 8.42 Å². The van der Waals surface area contributed by atoms with Gasteiger partial charge in [0.1, 0.15) is 4.90 Å². The molecule has 1 aromatic carbocycles. The van der Waals surface area contributed by atoms with Crippen LogP contribution in [-0.2, 0) is 10.0 Å². The number of rotatable bonds is 3. The van der Waals surface area contributed by atoms with E-state index in [9.17, 15) is 13.2 Å². The first-order chi connectivity index (χ1) is 9.71. The zero-order chi connectivity index (χ0) is 15.8. The second-order valence-corrected chi connectivity index (χ2v) is 7.79. The van der Waals surface area contributed by atoms with Crippen molar-refractivity contribution in [3.8, 4) is 0 Å². The number of hydrogen-bond acceptors (Lipinski definition) is 4. The fourth-order valence-corrected chi connectivity index (χ4v) is 4.65. The number of benzene rings is 1. The summed E-state index contributed by atoms with van der Waals surface area (Å²) in [6.45, 7) is 5.06. The molecule has 1 amide bonds. The fraction of sp³-hybridized carbons (Fsp3) is 0.500. The summed E-state index contributed by atoms with van der Waals surface area (Å²) in [7, 11) is -3.64.